The van der Waals surface area contributed by atoms with Crippen molar-refractivity contribution < 1.29 is 4.57 Å². The van der Waals surface area contributed by atoms with E-state index in [0.717, 1.165) is 40.3 Å². The fraction of sp³-hybridized carbons (Fsp3) is 0.138. The molecule has 0 aliphatic heterocycles. The molecule has 0 bridgehead atoms. The fourth-order valence-electron chi connectivity index (χ4n) is 4.46. The summed E-state index contributed by atoms with van der Waals surface area (Å²) in [7, 11) is -1.63. The molecule has 36 heavy (non-hydrogen) atoms. The molecule has 0 saturated carbocycles. The second kappa shape index (κ2) is 10.1. The Hall–Kier alpha value is -3.70. The topological polar surface area (TPSA) is 67.4 Å². The van der Waals surface area contributed by atoms with Crippen LogP contribution in [0.3, 0.4) is 0 Å². The summed E-state index contributed by atoms with van der Waals surface area (Å²) in [5, 5.41) is 0. The van der Waals surface area contributed by atoms with Gasteiger partial charge in [-0.1, -0.05) is 72.8 Å². The van der Waals surface area contributed by atoms with Gasteiger partial charge in [-0.25, -0.2) is 9.65 Å². The highest BCUT2D eigenvalue weighted by Gasteiger charge is 2.32. The predicted molar refractivity (Wildman–Crippen MR) is 148 cm³/mol. The number of para-hydroxylation sites is 4. The number of nitrogens with two attached hydrogens (primary N) is 1. The van der Waals surface area contributed by atoms with Crippen molar-refractivity contribution in [2.24, 2.45) is 5.50 Å². The van der Waals surface area contributed by atoms with E-state index < -0.39 is 7.59 Å². The van der Waals surface area contributed by atoms with Crippen LogP contribution < -0.4 is 10.2 Å². The maximum atomic E-state index is 14.1. The molecule has 5 rings (SSSR count). The van der Waals surface area contributed by atoms with Crippen LogP contribution in [0.2, 0.25) is 0 Å². The van der Waals surface area contributed by atoms with Gasteiger partial charge < -0.3 is 4.57 Å². The standard InChI is InChI=1S/C29H30N5OP/c1-23-31-28-15-9-10-16-29(28)33(23)22-25-19-17-24(18-20-25)21-32(2)36(30,35)34(26-11-5-3-6-12-26)27-13-7-4-8-14-27/h3-20H,21-22H2,1-2H3,(H2,30,35). The quantitative estimate of drug-likeness (QED) is 0.242. The molecular formula is C29H30N5OP. The molecule has 6 nitrogen and oxygen atoms in total. The zero-order chi connectivity index (χ0) is 25.1. The van der Waals surface area contributed by atoms with E-state index in [1.165, 1.54) is 5.56 Å². The van der Waals surface area contributed by atoms with E-state index in [2.05, 4.69) is 39.9 Å². The largest absolute Gasteiger partial charge is 0.324 e. The number of aromatic nitrogens is 2. The molecule has 0 fully saturated rings. The van der Waals surface area contributed by atoms with Crippen LogP contribution in [0.1, 0.15) is 17.0 Å². The first-order valence-corrected chi connectivity index (χ1v) is 13.6. The first-order chi connectivity index (χ1) is 17.4. The van der Waals surface area contributed by atoms with Gasteiger partial charge in [0.15, 0.2) is 0 Å². The summed E-state index contributed by atoms with van der Waals surface area (Å²) in [6.45, 7) is 3.23. The Labute approximate surface area is 212 Å². The van der Waals surface area contributed by atoms with E-state index >= 15 is 0 Å². The molecule has 7 heteroatoms. The molecule has 0 saturated heterocycles. The summed E-state index contributed by atoms with van der Waals surface area (Å²) < 4.78 is 19.8. The van der Waals surface area contributed by atoms with Gasteiger partial charge in [0.05, 0.1) is 11.0 Å². The lowest BCUT2D eigenvalue weighted by Crippen LogP contribution is -2.31. The number of hydrogen-bond acceptors (Lipinski definition) is 2. The van der Waals surface area contributed by atoms with E-state index in [4.69, 9.17) is 5.50 Å². The zero-order valence-corrected chi connectivity index (χ0v) is 21.4. The smallest absolute Gasteiger partial charge is 0.310 e. The maximum absolute atomic E-state index is 14.1. The number of anilines is 2. The van der Waals surface area contributed by atoms with Crippen molar-refractivity contribution in [2.45, 2.75) is 20.0 Å². The van der Waals surface area contributed by atoms with Gasteiger partial charge in [0.25, 0.3) is 0 Å². The summed E-state index contributed by atoms with van der Waals surface area (Å²) in [4.78, 5) is 4.67. The number of hydrogen-bond donors (Lipinski definition) is 1. The van der Waals surface area contributed by atoms with Crippen LogP contribution in [-0.2, 0) is 17.7 Å². The third kappa shape index (κ3) is 4.84. The SMILES string of the molecule is Cc1nc2ccccc2n1Cc1ccc(CN(C)P(N)(=O)N(c2ccccc2)c2ccccc2)cc1. The molecule has 1 aromatic heterocycles. The first kappa shape index (κ1) is 24.0. The molecule has 1 unspecified atom stereocenters. The van der Waals surface area contributed by atoms with E-state index in [1.807, 2.05) is 92.8 Å². The van der Waals surface area contributed by atoms with Crippen LogP contribution in [0.5, 0.6) is 0 Å². The van der Waals surface area contributed by atoms with Gasteiger partial charge in [-0.15, -0.1) is 0 Å². The molecule has 1 atom stereocenters. The van der Waals surface area contributed by atoms with Crippen LogP contribution in [0.25, 0.3) is 11.0 Å². The summed E-state index contributed by atoms with van der Waals surface area (Å²) in [5.41, 5.74) is 12.5. The van der Waals surface area contributed by atoms with E-state index in [1.54, 1.807) is 9.34 Å². The van der Waals surface area contributed by atoms with Crippen molar-refractivity contribution in [2.75, 3.05) is 11.7 Å². The maximum Gasteiger partial charge on any atom is 0.310 e. The van der Waals surface area contributed by atoms with E-state index in [0.29, 0.717) is 6.54 Å². The lowest BCUT2D eigenvalue weighted by molar-refractivity contribution is 0.464. The highest BCUT2D eigenvalue weighted by molar-refractivity contribution is 7.61. The van der Waals surface area contributed by atoms with Gasteiger partial charge in [0, 0.05) is 24.5 Å². The lowest BCUT2D eigenvalue weighted by Gasteiger charge is -2.36. The van der Waals surface area contributed by atoms with Gasteiger partial charge >= 0.3 is 7.59 Å². The summed E-state index contributed by atoms with van der Waals surface area (Å²) in [6.07, 6.45) is 0. The monoisotopic (exact) mass is 495 g/mol. The van der Waals surface area contributed by atoms with Gasteiger partial charge in [-0.05, 0) is 61.5 Å². The first-order valence-electron chi connectivity index (χ1n) is 11.9. The van der Waals surface area contributed by atoms with Gasteiger partial charge in [0.1, 0.15) is 5.82 Å². The van der Waals surface area contributed by atoms with Crippen molar-refractivity contribution >= 4 is 30.0 Å². The molecule has 5 aromatic rings. The molecule has 0 amide bonds. The number of rotatable bonds is 8. The minimum Gasteiger partial charge on any atom is -0.324 e. The van der Waals surface area contributed by atoms with Crippen LogP contribution in [-0.4, -0.2) is 21.3 Å². The number of imidazole rings is 1. The summed E-state index contributed by atoms with van der Waals surface area (Å²) >= 11 is 0. The number of benzene rings is 4. The Kier molecular flexibility index (Phi) is 6.75. The third-order valence-electron chi connectivity index (χ3n) is 6.40. The highest BCUT2D eigenvalue weighted by Crippen LogP contribution is 2.52. The Morgan fingerprint density at radius 2 is 1.31 bits per heavy atom. The lowest BCUT2D eigenvalue weighted by atomic mass is 10.1. The van der Waals surface area contributed by atoms with Gasteiger partial charge in [-0.3, -0.25) is 14.7 Å². The van der Waals surface area contributed by atoms with E-state index in [-0.39, 0.29) is 0 Å². The average Bonchev–Trinajstić information content (AvgIpc) is 3.21. The number of fused-ring (bicyclic) bond motifs is 1. The fourth-order valence-corrected chi connectivity index (χ4v) is 6.06. The number of nitrogens with zero attached hydrogens (tertiary/aromatic N) is 4. The second-order valence-corrected chi connectivity index (χ2v) is 11.2. The van der Waals surface area contributed by atoms with Crippen LogP contribution in [0.15, 0.2) is 109 Å². The normalized spacial score (nSPS) is 13.1. The Balaban J connectivity index is 1.36. The van der Waals surface area contributed by atoms with Gasteiger partial charge in [-0.2, -0.15) is 0 Å². The number of aryl methyl sites for hydroxylation is 1. The molecule has 0 aliphatic rings. The molecule has 2 N–H and O–H groups in total. The molecule has 182 valence electrons. The van der Waals surface area contributed by atoms with Crippen LogP contribution >= 0.6 is 7.59 Å². The Morgan fingerprint density at radius 1 is 0.778 bits per heavy atom. The van der Waals surface area contributed by atoms with Crippen molar-refractivity contribution in [1.29, 1.82) is 0 Å². The molecule has 0 aliphatic carbocycles. The summed E-state index contributed by atoms with van der Waals surface area (Å²) in [5.74, 6) is 0.992. The van der Waals surface area contributed by atoms with E-state index in [9.17, 15) is 4.57 Å². The van der Waals surface area contributed by atoms with Crippen molar-refractivity contribution in [1.82, 2.24) is 14.2 Å². The van der Waals surface area contributed by atoms with Crippen molar-refractivity contribution in [3.8, 4) is 0 Å². The third-order valence-corrected chi connectivity index (χ3v) is 8.55. The average molecular weight is 496 g/mol. The van der Waals surface area contributed by atoms with Crippen molar-refractivity contribution in [3.05, 3.63) is 126 Å². The minimum atomic E-state index is -3.44. The Bertz CT molecular complexity index is 1460. The predicted octanol–water partition coefficient (Wildman–Crippen LogP) is 6.73. The zero-order valence-electron chi connectivity index (χ0n) is 20.5. The highest BCUT2D eigenvalue weighted by atomic mass is 31.2. The van der Waals surface area contributed by atoms with Crippen LogP contribution in [0, 0.1) is 6.92 Å². The second-order valence-electron chi connectivity index (χ2n) is 8.94. The van der Waals surface area contributed by atoms with Crippen LogP contribution in [0.4, 0.5) is 11.4 Å². The molecule has 0 radical (unpaired) electrons. The van der Waals surface area contributed by atoms with Gasteiger partial charge in [0.2, 0.25) is 0 Å². The summed E-state index contributed by atoms with van der Waals surface area (Å²) in [6, 6.07) is 35.9. The molecule has 4 aromatic carbocycles. The minimum absolute atomic E-state index is 0.456. The molecular weight excluding hydrogens is 465 g/mol. The molecule has 1 heterocycles. The molecule has 0 spiro atoms. The Morgan fingerprint density at radius 3 is 1.92 bits per heavy atom. The van der Waals surface area contributed by atoms with Crippen molar-refractivity contribution in [3.63, 3.8) is 0 Å².